The van der Waals surface area contributed by atoms with E-state index in [2.05, 4.69) is 53.2 Å². The lowest BCUT2D eigenvalue weighted by molar-refractivity contribution is 0.299. The Balaban J connectivity index is 1.37. The molecule has 0 radical (unpaired) electrons. The van der Waals surface area contributed by atoms with Gasteiger partial charge >= 0.3 is 0 Å². The van der Waals surface area contributed by atoms with Gasteiger partial charge in [0.2, 0.25) is 10.0 Å². The van der Waals surface area contributed by atoms with E-state index in [1.54, 1.807) is 7.11 Å². The number of fused-ring (bicyclic) bond motifs is 2. The highest BCUT2D eigenvalue weighted by Crippen LogP contribution is 2.37. The number of benzene rings is 2. The van der Waals surface area contributed by atoms with Crippen molar-refractivity contribution in [1.29, 1.82) is 0 Å². The molecule has 4 rings (SSSR count). The van der Waals surface area contributed by atoms with E-state index in [4.69, 9.17) is 4.74 Å². The topological polar surface area (TPSA) is 61.9 Å². The van der Waals surface area contributed by atoms with Gasteiger partial charge in [-0.3, -0.25) is 5.01 Å². The van der Waals surface area contributed by atoms with Gasteiger partial charge in [-0.2, -0.15) is 0 Å². The largest absolute Gasteiger partial charge is 0.496 e. The first-order valence-electron chi connectivity index (χ1n) is 12.5. The molecular weight excluding hydrogens is 446 g/mol. The zero-order chi connectivity index (χ0) is 24.3. The van der Waals surface area contributed by atoms with Crippen LogP contribution >= 0.6 is 0 Å². The lowest BCUT2D eigenvalue weighted by Crippen LogP contribution is -2.43. The maximum Gasteiger partial charge on any atom is 0.228 e. The van der Waals surface area contributed by atoms with Crippen molar-refractivity contribution in [3.05, 3.63) is 58.7 Å². The first kappa shape index (κ1) is 25.0. The average molecular weight is 486 g/mol. The molecule has 1 atom stereocenters. The Kier molecular flexibility index (Phi) is 7.85. The van der Waals surface area contributed by atoms with Crippen LogP contribution < -0.4 is 14.6 Å². The Hall–Kier alpha value is -2.09. The number of methoxy groups -OCH3 is 1. The van der Waals surface area contributed by atoms with E-state index < -0.39 is 10.0 Å². The molecule has 0 fully saturated rings. The van der Waals surface area contributed by atoms with Crippen molar-refractivity contribution in [1.82, 2.24) is 9.73 Å². The first-order valence-corrected chi connectivity index (χ1v) is 14.1. The maximum absolute atomic E-state index is 12.5. The van der Waals surface area contributed by atoms with Gasteiger partial charge in [-0.05, 0) is 85.4 Å². The Morgan fingerprint density at radius 2 is 2.03 bits per heavy atom. The minimum atomic E-state index is -3.33. The number of rotatable bonds is 10. The summed E-state index contributed by atoms with van der Waals surface area (Å²) >= 11 is 0. The van der Waals surface area contributed by atoms with E-state index >= 15 is 0 Å². The third-order valence-corrected chi connectivity index (χ3v) is 8.57. The second kappa shape index (κ2) is 10.7. The predicted molar refractivity (Wildman–Crippen MR) is 139 cm³/mol. The summed E-state index contributed by atoms with van der Waals surface area (Å²) in [5.74, 6) is 1.80. The highest BCUT2D eigenvalue weighted by molar-refractivity contribution is 7.89. The highest BCUT2D eigenvalue weighted by atomic mass is 32.2. The molecule has 0 spiro atoms. The van der Waals surface area contributed by atoms with Gasteiger partial charge in [-0.25, -0.2) is 8.42 Å². The van der Waals surface area contributed by atoms with E-state index in [1.165, 1.54) is 35.1 Å². The van der Waals surface area contributed by atoms with Gasteiger partial charge in [0.1, 0.15) is 5.75 Å². The molecule has 0 saturated carbocycles. The summed E-state index contributed by atoms with van der Waals surface area (Å²) in [6.07, 6.45) is 5.33. The summed E-state index contributed by atoms with van der Waals surface area (Å²) in [7, 11) is 0.632. The molecule has 1 N–H and O–H groups in total. The zero-order valence-corrected chi connectivity index (χ0v) is 21.8. The lowest BCUT2D eigenvalue weighted by atomic mass is 9.82. The van der Waals surface area contributed by atoms with E-state index in [0.29, 0.717) is 12.5 Å². The monoisotopic (exact) mass is 485 g/mol. The van der Waals surface area contributed by atoms with Crippen molar-refractivity contribution >= 4 is 15.7 Å². The molecule has 2 aromatic rings. The fraction of sp³-hybridized carbons (Fsp3) is 0.556. The van der Waals surface area contributed by atoms with Crippen molar-refractivity contribution in [3.8, 4) is 5.75 Å². The molecule has 2 aromatic carbocycles. The third kappa shape index (κ3) is 5.93. The van der Waals surface area contributed by atoms with Gasteiger partial charge in [0.15, 0.2) is 0 Å². The van der Waals surface area contributed by atoms with Gasteiger partial charge in [0.05, 0.1) is 18.6 Å². The van der Waals surface area contributed by atoms with Crippen LogP contribution in [0.5, 0.6) is 5.75 Å². The molecule has 34 heavy (non-hydrogen) atoms. The van der Waals surface area contributed by atoms with E-state index in [9.17, 15) is 8.42 Å². The van der Waals surface area contributed by atoms with Crippen LogP contribution in [0.25, 0.3) is 0 Å². The standard InChI is InChI=1S/C27H39N3O3S/c1-20(2)19-34(31,32)28-30-16-14-22-12-11-21(17-26(22)30)13-15-29(3)18-23-7-5-9-25-24(23)8-6-10-27(25)33-4/h6,8,10-12,17,20,23,28H,5,7,9,13-16,18-19H2,1-4H3/t23-/m0/s1. The van der Waals surface area contributed by atoms with Crippen LogP contribution in [0.15, 0.2) is 36.4 Å². The molecule has 0 saturated heterocycles. The molecule has 7 heteroatoms. The van der Waals surface area contributed by atoms with Crippen molar-refractivity contribution in [2.45, 2.75) is 51.9 Å². The number of sulfonamides is 1. The summed E-state index contributed by atoms with van der Waals surface area (Å²) in [5.41, 5.74) is 6.27. The fourth-order valence-corrected chi connectivity index (χ4v) is 6.88. The quantitative estimate of drug-likeness (QED) is 0.548. The van der Waals surface area contributed by atoms with E-state index in [-0.39, 0.29) is 11.7 Å². The van der Waals surface area contributed by atoms with Crippen molar-refractivity contribution in [3.63, 3.8) is 0 Å². The Labute approximate surface area is 205 Å². The summed E-state index contributed by atoms with van der Waals surface area (Å²) in [6.45, 7) is 6.53. The fourth-order valence-electron chi connectivity index (χ4n) is 5.40. The lowest BCUT2D eigenvalue weighted by Gasteiger charge is -2.30. The Morgan fingerprint density at radius 3 is 2.79 bits per heavy atom. The number of nitrogens with zero attached hydrogens (tertiary/aromatic N) is 2. The van der Waals surface area contributed by atoms with E-state index in [0.717, 1.165) is 43.8 Å². The summed E-state index contributed by atoms with van der Waals surface area (Å²) in [6, 6.07) is 13.0. The molecule has 0 aromatic heterocycles. The SMILES string of the molecule is COc1cccc2c1CCC[C@H]2CN(C)CCc1ccc2c(c1)N(NS(=O)(=O)CC(C)C)CC2. The number of ether oxygens (including phenoxy) is 1. The second-order valence-corrected chi connectivity index (χ2v) is 12.0. The zero-order valence-electron chi connectivity index (χ0n) is 21.0. The minimum Gasteiger partial charge on any atom is -0.496 e. The molecule has 0 amide bonds. The number of anilines is 1. The van der Waals surface area contributed by atoms with Gasteiger partial charge < -0.3 is 9.64 Å². The molecule has 0 unspecified atom stereocenters. The van der Waals surface area contributed by atoms with Crippen LogP contribution in [-0.4, -0.2) is 52.9 Å². The number of hydrogen-bond donors (Lipinski definition) is 1. The summed E-state index contributed by atoms with van der Waals surface area (Å²) < 4.78 is 30.5. The molecule has 1 heterocycles. The van der Waals surface area contributed by atoms with Crippen LogP contribution in [0.3, 0.4) is 0 Å². The number of hydrogen-bond acceptors (Lipinski definition) is 5. The number of nitrogens with one attached hydrogen (secondary N) is 1. The van der Waals surface area contributed by atoms with Crippen LogP contribution in [0.2, 0.25) is 0 Å². The molecular formula is C27H39N3O3S. The molecule has 0 bridgehead atoms. The molecule has 1 aliphatic heterocycles. The Morgan fingerprint density at radius 1 is 1.21 bits per heavy atom. The molecule has 2 aliphatic rings. The highest BCUT2D eigenvalue weighted by Gasteiger charge is 2.25. The van der Waals surface area contributed by atoms with Crippen LogP contribution in [0.1, 0.15) is 54.9 Å². The van der Waals surface area contributed by atoms with Crippen molar-refractivity contribution in [2.24, 2.45) is 5.92 Å². The number of likely N-dealkylation sites (N-methyl/N-ethyl adjacent to an activating group) is 1. The van der Waals surface area contributed by atoms with Gasteiger partial charge in [-0.15, -0.1) is 4.83 Å². The van der Waals surface area contributed by atoms with Gasteiger partial charge in [0, 0.05) is 19.6 Å². The maximum atomic E-state index is 12.5. The second-order valence-electron chi connectivity index (χ2n) is 10.3. The summed E-state index contributed by atoms with van der Waals surface area (Å²) in [5, 5.41) is 1.81. The van der Waals surface area contributed by atoms with Crippen LogP contribution in [0, 0.1) is 5.92 Å². The molecule has 186 valence electrons. The molecule has 6 nitrogen and oxygen atoms in total. The van der Waals surface area contributed by atoms with Crippen molar-refractivity contribution in [2.75, 3.05) is 44.6 Å². The third-order valence-electron chi connectivity index (χ3n) is 6.97. The van der Waals surface area contributed by atoms with E-state index in [1.807, 2.05) is 18.9 Å². The average Bonchev–Trinajstić information content (AvgIpc) is 3.18. The molecule has 1 aliphatic carbocycles. The van der Waals surface area contributed by atoms with Gasteiger partial charge in [0.25, 0.3) is 0 Å². The number of hydrazine groups is 1. The minimum absolute atomic E-state index is 0.0960. The first-order chi connectivity index (χ1) is 16.3. The summed E-state index contributed by atoms with van der Waals surface area (Å²) in [4.78, 5) is 5.22. The smallest absolute Gasteiger partial charge is 0.228 e. The van der Waals surface area contributed by atoms with Gasteiger partial charge in [-0.1, -0.05) is 38.1 Å². The van der Waals surface area contributed by atoms with Crippen LogP contribution in [0.4, 0.5) is 5.69 Å². The normalized spacial score (nSPS) is 17.8. The van der Waals surface area contributed by atoms with Crippen molar-refractivity contribution < 1.29 is 13.2 Å². The predicted octanol–water partition coefficient (Wildman–Crippen LogP) is 4.14. The van der Waals surface area contributed by atoms with Crippen LogP contribution in [-0.2, 0) is 29.3 Å². The Bertz CT molecular complexity index is 1100.